The molecule has 0 saturated heterocycles. The van der Waals surface area contributed by atoms with Gasteiger partial charge in [0.15, 0.2) is 11.7 Å². The first-order valence-corrected chi connectivity index (χ1v) is 9.16. The summed E-state index contributed by atoms with van der Waals surface area (Å²) >= 11 is 0. The van der Waals surface area contributed by atoms with Crippen molar-refractivity contribution in [2.24, 2.45) is 0 Å². The van der Waals surface area contributed by atoms with Gasteiger partial charge in [-0.1, -0.05) is 38.1 Å². The van der Waals surface area contributed by atoms with Crippen molar-refractivity contribution in [3.8, 4) is 11.3 Å². The minimum Gasteiger partial charge on any atom is -0.441 e. The number of nitrogens with one attached hydrogen (secondary N) is 1. The molecule has 1 amide bonds. The molecule has 1 aromatic heterocycles. The summed E-state index contributed by atoms with van der Waals surface area (Å²) in [4.78, 5) is 16.3. The van der Waals surface area contributed by atoms with E-state index >= 15 is 0 Å². The number of hydrogen-bond donors (Lipinski definition) is 1. The molecule has 1 atom stereocenters. The molecule has 3 rings (SSSR count). The number of oxazole rings is 1. The number of aryl methyl sites for hydroxylation is 1. The monoisotopic (exact) mass is 366 g/mol. The second-order valence-corrected chi connectivity index (χ2v) is 6.58. The SMILES string of the molecule is CCC(C)c1ccc(NC(=O)CCc2ncc(-c3ccccc3F)o2)cc1. The predicted molar refractivity (Wildman–Crippen MR) is 104 cm³/mol. The number of carbonyl (C=O) groups excluding carboxylic acids is 1. The lowest BCUT2D eigenvalue weighted by Crippen LogP contribution is -2.12. The Morgan fingerprint density at radius 3 is 2.63 bits per heavy atom. The Kier molecular flexibility index (Phi) is 6.01. The molecule has 0 saturated carbocycles. The van der Waals surface area contributed by atoms with Crippen LogP contribution in [0.1, 0.15) is 44.1 Å². The van der Waals surface area contributed by atoms with Gasteiger partial charge in [0.1, 0.15) is 5.82 Å². The first-order valence-electron chi connectivity index (χ1n) is 9.16. The van der Waals surface area contributed by atoms with Crippen LogP contribution in [-0.2, 0) is 11.2 Å². The van der Waals surface area contributed by atoms with Crippen molar-refractivity contribution in [1.82, 2.24) is 4.98 Å². The van der Waals surface area contributed by atoms with Crippen LogP contribution in [0, 0.1) is 5.82 Å². The van der Waals surface area contributed by atoms with E-state index in [9.17, 15) is 9.18 Å². The zero-order valence-electron chi connectivity index (χ0n) is 15.5. The molecule has 140 valence electrons. The summed E-state index contributed by atoms with van der Waals surface area (Å²) in [5.41, 5.74) is 2.39. The summed E-state index contributed by atoms with van der Waals surface area (Å²) in [5.74, 6) is 0.804. The Bertz CT molecular complexity index is 903. The van der Waals surface area contributed by atoms with Gasteiger partial charge in [0, 0.05) is 18.5 Å². The van der Waals surface area contributed by atoms with Gasteiger partial charge >= 0.3 is 0 Å². The van der Waals surface area contributed by atoms with Crippen LogP contribution in [0.25, 0.3) is 11.3 Å². The lowest BCUT2D eigenvalue weighted by molar-refractivity contribution is -0.116. The number of carbonyl (C=O) groups is 1. The second kappa shape index (κ2) is 8.62. The molecule has 1 heterocycles. The molecule has 2 aromatic carbocycles. The molecule has 1 N–H and O–H groups in total. The van der Waals surface area contributed by atoms with Crippen LogP contribution in [0.5, 0.6) is 0 Å². The molecule has 27 heavy (non-hydrogen) atoms. The van der Waals surface area contributed by atoms with Crippen molar-refractivity contribution >= 4 is 11.6 Å². The average molecular weight is 366 g/mol. The number of benzene rings is 2. The Morgan fingerprint density at radius 1 is 1.19 bits per heavy atom. The van der Waals surface area contributed by atoms with Gasteiger partial charge < -0.3 is 9.73 Å². The number of aromatic nitrogens is 1. The van der Waals surface area contributed by atoms with Gasteiger partial charge in [-0.05, 0) is 42.2 Å². The summed E-state index contributed by atoms with van der Waals surface area (Å²) in [7, 11) is 0. The van der Waals surface area contributed by atoms with E-state index in [1.807, 2.05) is 24.3 Å². The molecule has 0 spiro atoms. The maximum absolute atomic E-state index is 13.8. The molecule has 0 bridgehead atoms. The summed E-state index contributed by atoms with van der Waals surface area (Å²) in [6, 6.07) is 14.3. The minimum atomic E-state index is -0.362. The third-order valence-electron chi connectivity index (χ3n) is 4.63. The molecule has 5 heteroatoms. The average Bonchev–Trinajstić information content (AvgIpc) is 3.15. The lowest BCUT2D eigenvalue weighted by atomic mass is 9.99. The van der Waals surface area contributed by atoms with Crippen LogP contribution in [-0.4, -0.2) is 10.9 Å². The van der Waals surface area contributed by atoms with Crippen LogP contribution in [0.15, 0.2) is 59.1 Å². The van der Waals surface area contributed by atoms with Gasteiger partial charge in [0.05, 0.1) is 11.8 Å². The fraction of sp³-hybridized carbons (Fsp3) is 0.273. The normalized spacial score (nSPS) is 12.0. The highest BCUT2D eigenvalue weighted by atomic mass is 19.1. The first-order chi connectivity index (χ1) is 13.1. The number of rotatable bonds is 7. The molecule has 0 fully saturated rings. The van der Waals surface area contributed by atoms with E-state index in [-0.39, 0.29) is 18.1 Å². The zero-order chi connectivity index (χ0) is 19.2. The largest absolute Gasteiger partial charge is 0.441 e. The maximum atomic E-state index is 13.8. The summed E-state index contributed by atoms with van der Waals surface area (Å²) in [6.07, 6.45) is 3.16. The Labute approximate surface area is 158 Å². The van der Waals surface area contributed by atoms with Gasteiger partial charge in [-0.3, -0.25) is 4.79 Å². The number of halogens is 1. The Hall–Kier alpha value is -2.95. The molecule has 4 nitrogen and oxygen atoms in total. The second-order valence-electron chi connectivity index (χ2n) is 6.58. The summed E-state index contributed by atoms with van der Waals surface area (Å²) in [5, 5.41) is 2.88. The van der Waals surface area contributed by atoms with E-state index in [2.05, 4.69) is 24.1 Å². The predicted octanol–water partition coefficient (Wildman–Crippen LogP) is 5.57. The van der Waals surface area contributed by atoms with E-state index in [4.69, 9.17) is 4.42 Å². The Balaban J connectivity index is 1.55. The van der Waals surface area contributed by atoms with E-state index in [0.29, 0.717) is 29.6 Å². The third kappa shape index (κ3) is 4.82. The first kappa shape index (κ1) is 18.8. The molecule has 3 aromatic rings. The van der Waals surface area contributed by atoms with Crippen molar-refractivity contribution in [2.45, 2.75) is 39.0 Å². The van der Waals surface area contributed by atoms with E-state index in [1.165, 1.54) is 17.8 Å². The van der Waals surface area contributed by atoms with Gasteiger partial charge in [-0.25, -0.2) is 9.37 Å². The van der Waals surface area contributed by atoms with Gasteiger partial charge in [0.2, 0.25) is 5.91 Å². The molecule has 0 radical (unpaired) electrons. The van der Waals surface area contributed by atoms with Crippen molar-refractivity contribution < 1.29 is 13.6 Å². The van der Waals surface area contributed by atoms with Gasteiger partial charge in [-0.2, -0.15) is 0 Å². The molecular formula is C22H23FN2O2. The quantitative estimate of drug-likeness (QED) is 0.595. The minimum absolute atomic E-state index is 0.114. The van der Waals surface area contributed by atoms with Crippen LogP contribution < -0.4 is 5.32 Å². The van der Waals surface area contributed by atoms with Crippen molar-refractivity contribution in [2.75, 3.05) is 5.32 Å². The van der Waals surface area contributed by atoms with Crippen molar-refractivity contribution in [3.05, 3.63) is 72.0 Å². The summed E-state index contributed by atoms with van der Waals surface area (Å²) < 4.78 is 19.4. The molecular weight excluding hydrogens is 343 g/mol. The lowest BCUT2D eigenvalue weighted by Gasteiger charge is -2.10. The van der Waals surface area contributed by atoms with Crippen LogP contribution in [0.3, 0.4) is 0 Å². The summed E-state index contributed by atoms with van der Waals surface area (Å²) in [6.45, 7) is 4.33. The maximum Gasteiger partial charge on any atom is 0.224 e. The highest BCUT2D eigenvalue weighted by Crippen LogP contribution is 2.24. The topological polar surface area (TPSA) is 55.1 Å². The van der Waals surface area contributed by atoms with E-state index < -0.39 is 0 Å². The number of amides is 1. The standard InChI is InChI=1S/C22H23FN2O2/c1-3-15(2)16-8-10-17(11-9-16)25-21(26)12-13-22-24-14-20(27-22)18-6-4-5-7-19(18)23/h4-11,14-15H,3,12-13H2,1-2H3,(H,25,26). The van der Waals surface area contributed by atoms with Gasteiger partial charge in [-0.15, -0.1) is 0 Å². The smallest absolute Gasteiger partial charge is 0.224 e. The molecule has 0 aliphatic rings. The van der Waals surface area contributed by atoms with Crippen molar-refractivity contribution in [3.63, 3.8) is 0 Å². The fourth-order valence-electron chi connectivity index (χ4n) is 2.79. The Morgan fingerprint density at radius 2 is 1.93 bits per heavy atom. The van der Waals surface area contributed by atoms with E-state index in [0.717, 1.165) is 12.1 Å². The molecule has 0 aliphatic carbocycles. The highest BCUT2D eigenvalue weighted by Gasteiger charge is 2.12. The van der Waals surface area contributed by atoms with Crippen LogP contribution >= 0.6 is 0 Å². The highest BCUT2D eigenvalue weighted by molar-refractivity contribution is 5.90. The molecule has 1 unspecified atom stereocenters. The van der Waals surface area contributed by atoms with Gasteiger partial charge in [0.25, 0.3) is 0 Å². The zero-order valence-corrected chi connectivity index (χ0v) is 15.5. The number of nitrogens with zero attached hydrogens (tertiary/aromatic N) is 1. The number of anilines is 1. The van der Waals surface area contributed by atoms with E-state index in [1.54, 1.807) is 18.2 Å². The third-order valence-corrected chi connectivity index (χ3v) is 4.63. The number of hydrogen-bond acceptors (Lipinski definition) is 3. The molecule has 0 aliphatic heterocycles. The van der Waals surface area contributed by atoms with Crippen LogP contribution in [0.4, 0.5) is 10.1 Å². The fourth-order valence-corrected chi connectivity index (χ4v) is 2.79. The van der Waals surface area contributed by atoms with Crippen molar-refractivity contribution in [1.29, 1.82) is 0 Å². The van der Waals surface area contributed by atoms with Crippen LogP contribution in [0.2, 0.25) is 0 Å².